The molecule has 0 N–H and O–H groups in total. The van der Waals surface area contributed by atoms with Crippen molar-refractivity contribution in [2.45, 2.75) is 5.25 Å². The molecule has 0 atom stereocenters. The van der Waals surface area contributed by atoms with Gasteiger partial charge in [0.2, 0.25) is 0 Å². The molecule has 1 aromatic rings. The topological polar surface area (TPSA) is 26.3 Å². The van der Waals surface area contributed by atoms with E-state index in [4.69, 9.17) is 4.74 Å². The highest BCUT2D eigenvalue weighted by atomic mass is 32.2. The Labute approximate surface area is 96.0 Å². The highest BCUT2D eigenvalue weighted by Gasteiger charge is 2.22. The quantitative estimate of drug-likeness (QED) is 0.760. The lowest BCUT2D eigenvalue weighted by Crippen LogP contribution is -2.31. The summed E-state index contributed by atoms with van der Waals surface area (Å²) in [4.78, 5) is 11.6. The van der Waals surface area contributed by atoms with Crippen LogP contribution >= 0.6 is 11.8 Å². The van der Waals surface area contributed by atoms with Gasteiger partial charge in [-0.15, -0.1) is 11.8 Å². The fourth-order valence-corrected chi connectivity index (χ4v) is 2.26. The molecular formula is C11H10F2O2S. The summed E-state index contributed by atoms with van der Waals surface area (Å²) in [7, 11) is 0. The van der Waals surface area contributed by atoms with E-state index in [0.717, 1.165) is 12.1 Å². The fraction of sp³-hybridized carbons (Fsp3) is 0.364. The van der Waals surface area contributed by atoms with E-state index in [1.165, 1.54) is 17.8 Å². The number of Topliss-reactive ketones (excluding diaryl/α,β-unsaturated/α-hetero) is 1. The number of ketones is 1. The van der Waals surface area contributed by atoms with Gasteiger partial charge in [0.25, 0.3) is 0 Å². The molecule has 1 aliphatic heterocycles. The molecule has 0 aromatic heterocycles. The Morgan fingerprint density at radius 3 is 2.50 bits per heavy atom. The zero-order valence-electron chi connectivity index (χ0n) is 8.41. The molecule has 0 amide bonds. The van der Waals surface area contributed by atoms with Gasteiger partial charge >= 0.3 is 0 Å². The van der Waals surface area contributed by atoms with Gasteiger partial charge in [0.05, 0.1) is 29.8 Å². The van der Waals surface area contributed by atoms with Gasteiger partial charge in [0, 0.05) is 0 Å². The van der Waals surface area contributed by atoms with Crippen molar-refractivity contribution in [3.05, 3.63) is 35.4 Å². The number of halogens is 2. The van der Waals surface area contributed by atoms with E-state index in [2.05, 4.69) is 0 Å². The van der Waals surface area contributed by atoms with Crippen LogP contribution in [0.2, 0.25) is 0 Å². The molecule has 0 saturated carbocycles. The molecule has 1 aromatic carbocycles. The molecular weight excluding hydrogens is 234 g/mol. The molecule has 1 fully saturated rings. The second kappa shape index (κ2) is 4.93. The van der Waals surface area contributed by atoms with Gasteiger partial charge in [-0.05, 0) is 12.1 Å². The lowest BCUT2D eigenvalue weighted by molar-refractivity contribution is 0.0455. The summed E-state index contributed by atoms with van der Waals surface area (Å²) in [5, 5.41) is 0.277. The minimum atomic E-state index is -0.796. The van der Waals surface area contributed by atoms with Crippen LogP contribution in [0.1, 0.15) is 10.4 Å². The van der Waals surface area contributed by atoms with E-state index in [-0.39, 0.29) is 11.0 Å². The van der Waals surface area contributed by atoms with Crippen LogP contribution in [0.4, 0.5) is 8.78 Å². The number of carbonyl (C=O) groups excluding carboxylic acids is 1. The number of rotatable bonds is 4. The minimum absolute atomic E-state index is 0.0892. The predicted octanol–water partition coefficient (Wildman–Crippen LogP) is 2.28. The second-order valence-corrected chi connectivity index (χ2v) is 4.78. The molecule has 2 nitrogen and oxygen atoms in total. The number of hydrogen-bond acceptors (Lipinski definition) is 3. The van der Waals surface area contributed by atoms with Crippen molar-refractivity contribution >= 4 is 17.5 Å². The van der Waals surface area contributed by atoms with E-state index in [1.807, 2.05) is 0 Å². The third kappa shape index (κ3) is 2.41. The van der Waals surface area contributed by atoms with Gasteiger partial charge in [0.1, 0.15) is 11.6 Å². The third-order valence-corrected chi connectivity index (χ3v) is 3.47. The van der Waals surface area contributed by atoms with E-state index < -0.39 is 23.0 Å². The van der Waals surface area contributed by atoms with Crippen LogP contribution in [-0.2, 0) is 4.74 Å². The van der Waals surface area contributed by atoms with Crippen LogP contribution in [0.25, 0.3) is 0 Å². The van der Waals surface area contributed by atoms with E-state index in [0.29, 0.717) is 13.2 Å². The molecule has 1 heterocycles. The summed E-state index contributed by atoms with van der Waals surface area (Å²) >= 11 is 1.38. The standard InChI is InChI=1S/C11H10F2O2S/c12-8-2-1-3-9(13)11(8)10(14)6-16-7-4-15-5-7/h1-3,7H,4-6H2. The average molecular weight is 244 g/mol. The van der Waals surface area contributed by atoms with Crippen molar-refractivity contribution in [2.75, 3.05) is 19.0 Å². The molecule has 1 saturated heterocycles. The van der Waals surface area contributed by atoms with Crippen molar-refractivity contribution in [1.29, 1.82) is 0 Å². The Balaban J connectivity index is 2.02. The molecule has 0 spiro atoms. The first-order valence-electron chi connectivity index (χ1n) is 4.85. The van der Waals surface area contributed by atoms with Crippen LogP contribution in [0.15, 0.2) is 18.2 Å². The number of ether oxygens (including phenoxy) is 1. The van der Waals surface area contributed by atoms with E-state index in [1.54, 1.807) is 0 Å². The number of benzene rings is 1. The maximum atomic E-state index is 13.2. The van der Waals surface area contributed by atoms with Gasteiger partial charge in [-0.1, -0.05) is 6.07 Å². The Kier molecular flexibility index (Phi) is 3.56. The lowest BCUT2D eigenvalue weighted by Gasteiger charge is -2.24. The molecule has 0 bridgehead atoms. The van der Waals surface area contributed by atoms with Crippen molar-refractivity contribution in [3.8, 4) is 0 Å². The Morgan fingerprint density at radius 1 is 1.38 bits per heavy atom. The number of thioether (sulfide) groups is 1. The van der Waals surface area contributed by atoms with Crippen molar-refractivity contribution < 1.29 is 18.3 Å². The van der Waals surface area contributed by atoms with E-state index >= 15 is 0 Å². The largest absolute Gasteiger partial charge is 0.379 e. The first-order chi connectivity index (χ1) is 7.68. The highest BCUT2D eigenvalue weighted by Crippen LogP contribution is 2.21. The van der Waals surface area contributed by atoms with Crippen LogP contribution in [-0.4, -0.2) is 30.0 Å². The van der Waals surface area contributed by atoms with E-state index in [9.17, 15) is 13.6 Å². The normalized spacial score (nSPS) is 15.9. The summed E-state index contributed by atoms with van der Waals surface area (Å²) in [5.41, 5.74) is -0.435. The summed E-state index contributed by atoms with van der Waals surface area (Å²) < 4.78 is 31.4. The molecule has 86 valence electrons. The maximum Gasteiger partial charge on any atom is 0.178 e. The molecule has 2 rings (SSSR count). The van der Waals surface area contributed by atoms with Crippen LogP contribution < -0.4 is 0 Å². The van der Waals surface area contributed by atoms with Crippen LogP contribution in [0, 0.1) is 11.6 Å². The van der Waals surface area contributed by atoms with Gasteiger partial charge in [-0.2, -0.15) is 0 Å². The molecule has 1 aliphatic rings. The Bertz CT molecular complexity index is 385. The summed E-state index contributed by atoms with van der Waals surface area (Å²) in [6, 6.07) is 3.43. The van der Waals surface area contributed by atoms with Gasteiger partial charge in [0.15, 0.2) is 5.78 Å². The minimum Gasteiger partial charge on any atom is -0.379 e. The smallest absolute Gasteiger partial charge is 0.178 e. The summed E-state index contributed by atoms with van der Waals surface area (Å²) in [5.74, 6) is -2.01. The zero-order chi connectivity index (χ0) is 11.5. The Morgan fingerprint density at radius 2 is 2.00 bits per heavy atom. The third-order valence-electron chi connectivity index (χ3n) is 2.30. The lowest BCUT2D eigenvalue weighted by atomic mass is 10.1. The monoisotopic (exact) mass is 244 g/mol. The van der Waals surface area contributed by atoms with Gasteiger partial charge < -0.3 is 4.74 Å². The van der Waals surface area contributed by atoms with Crippen molar-refractivity contribution in [3.63, 3.8) is 0 Å². The highest BCUT2D eigenvalue weighted by molar-refractivity contribution is 8.00. The SMILES string of the molecule is O=C(CSC1COC1)c1c(F)cccc1F. The predicted molar refractivity (Wildman–Crippen MR) is 57.8 cm³/mol. The first kappa shape index (κ1) is 11.5. The fourth-order valence-electron chi connectivity index (χ4n) is 1.34. The number of hydrogen-bond donors (Lipinski definition) is 0. The van der Waals surface area contributed by atoms with Crippen molar-refractivity contribution in [2.24, 2.45) is 0 Å². The van der Waals surface area contributed by atoms with Gasteiger partial charge in [-0.25, -0.2) is 8.78 Å². The molecule has 16 heavy (non-hydrogen) atoms. The molecule has 0 radical (unpaired) electrons. The molecule has 0 unspecified atom stereocenters. The summed E-state index contributed by atoms with van der Waals surface area (Å²) in [6.45, 7) is 1.22. The number of carbonyl (C=O) groups is 1. The maximum absolute atomic E-state index is 13.2. The van der Waals surface area contributed by atoms with Gasteiger partial charge in [-0.3, -0.25) is 4.79 Å². The first-order valence-corrected chi connectivity index (χ1v) is 5.90. The van der Waals surface area contributed by atoms with Crippen LogP contribution in [0.5, 0.6) is 0 Å². The second-order valence-electron chi connectivity index (χ2n) is 3.49. The van der Waals surface area contributed by atoms with Crippen LogP contribution in [0.3, 0.4) is 0 Å². The molecule has 5 heteroatoms. The zero-order valence-corrected chi connectivity index (χ0v) is 9.23. The average Bonchev–Trinajstić information content (AvgIpc) is 2.15. The molecule has 0 aliphatic carbocycles. The Hall–Kier alpha value is -0.940. The summed E-state index contributed by atoms with van der Waals surface area (Å²) in [6.07, 6.45) is 0. The van der Waals surface area contributed by atoms with Crippen molar-refractivity contribution in [1.82, 2.24) is 0 Å².